The maximum Gasteiger partial charge on any atom is 0.272 e. The van der Waals surface area contributed by atoms with Crippen LogP contribution in [-0.2, 0) is 18.9 Å². The topological polar surface area (TPSA) is 161 Å². The minimum atomic E-state index is -0.333. The Hall–Kier alpha value is -6.57. The third-order valence-electron chi connectivity index (χ3n) is 9.91. The van der Waals surface area contributed by atoms with Gasteiger partial charge in [0.25, 0.3) is 17.7 Å². The van der Waals surface area contributed by atoms with Crippen LogP contribution in [0.4, 0.5) is 22.7 Å². The lowest BCUT2D eigenvalue weighted by molar-refractivity contribution is -0.116. The van der Waals surface area contributed by atoms with Gasteiger partial charge in [-0.05, 0) is 73.7 Å². The molecular weight excluding hydrogens is 701 g/mol. The van der Waals surface area contributed by atoms with Gasteiger partial charge in [0.05, 0.1) is 42.5 Å². The molecule has 1 atom stereocenters. The summed E-state index contributed by atoms with van der Waals surface area (Å²) < 4.78 is 15.0. The highest BCUT2D eigenvalue weighted by Gasteiger charge is 2.32. The molecule has 3 aromatic heterocycles. The third kappa shape index (κ3) is 8.33. The minimum absolute atomic E-state index is 0.00609. The highest BCUT2D eigenvalue weighted by atomic mass is 16.5. The van der Waals surface area contributed by atoms with E-state index >= 15 is 0 Å². The van der Waals surface area contributed by atoms with E-state index in [2.05, 4.69) is 26.3 Å². The number of pyridine rings is 1. The maximum absolute atomic E-state index is 13.3. The number of carbonyl (C=O) groups excluding carboxylic acids is 4. The van der Waals surface area contributed by atoms with Gasteiger partial charge in [-0.25, -0.2) is 0 Å². The molecule has 5 heterocycles. The van der Waals surface area contributed by atoms with Crippen LogP contribution < -0.4 is 30.7 Å². The van der Waals surface area contributed by atoms with Crippen molar-refractivity contribution in [3.05, 3.63) is 102 Å². The quantitative estimate of drug-likeness (QED) is 0.111. The number of aryl methyl sites for hydroxylation is 2. The highest BCUT2D eigenvalue weighted by molar-refractivity contribution is 6.05. The van der Waals surface area contributed by atoms with Crippen molar-refractivity contribution < 1.29 is 28.7 Å². The second-order valence-corrected chi connectivity index (χ2v) is 13.8. The van der Waals surface area contributed by atoms with Crippen LogP contribution in [0, 0.1) is 0 Å². The first-order chi connectivity index (χ1) is 26.7. The Labute approximate surface area is 318 Å². The van der Waals surface area contributed by atoms with E-state index in [4.69, 9.17) is 9.47 Å². The van der Waals surface area contributed by atoms with Crippen LogP contribution in [0.3, 0.4) is 0 Å². The van der Waals surface area contributed by atoms with Gasteiger partial charge >= 0.3 is 0 Å². The number of benzene rings is 2. The summed E-state index contributed by atoms with van der Waals surface area (Å²) in [4.78, 5) is 58.2. The first kappa shape index (κ1) is 36.8. The third-order valence-corrected chi connectivity index (χ3v) is 9.91. The van der Waals surface area contributed by atoms with E-state index in [0.717, 1.165) is 42.6 Å². The van der Waals surface area contributed by atoms with Crippen molar-refractivity contribution in [3.8, 4) is 22.6 Å². The summed E-state index contributed by atoms with van der Waals surface area (Å²) in [6, 6.07) is 18.0. The molecule has 0 radical (unpaired) electrons. The Kier molecular flexibility index (Phi) is 10.8. The maximum atomic E-state index is 13.3. The predicted molar refractivity (Wildman–Crippen MR) is 210 cm³/mol. The van der Waals surface area contributed by atoms with E-state index in [-0.39, 0.29) is 42.7 Å². The smallest absolute Gasteiger partial charge is 0.272 e. The van der Waals surface area contributed by atoms with E-state index in [1.807, 2.05) is 42.4 Å². The van der Waals surface area contributed by atoms with Gasteiger partial charge in [-0.3, -0.25) is 24.2 Å². The Morgan fingerprint density at radius 2 is 1.62 bits per heavy atom. The Morgan fingerprint density at radius 3 is 2.38 bits per heavy atom. The molecule has 4 N–H and O–H groups in total. The van der Waals surface area contributed by atoms with Crippen LogP contribution in [0.15, 0.2) is 85.5 Å². The van der Waals surface area contributed by atoms with Crippen molar-refractivity contribution in [2.24, 2.45) is 14.1 Å². The number of anilines is 4. The summed E-state index contributed by atoms with van der Waals surface area (Å²) in [5.41, 5.74) is 5.59. The molecule has 0 saturated carbocycles. The summed E-state index contributed by atoms with van der Waals surface area (Å²) in [6.07, 6.45) is 10.5. The number of nitrogens with one attached hydrogen (secondary N) is 4. The number of piperidine rings is 1. The van der Waals surface area contributed by atoms with Crippen LogP contribution in [0.2, 0.25) is 0 Å². The molecule has 4 amide bonds. The molecule has 2 aliphatic heterocycles. The van der Waals surface area contributed by atoms with Gasteiger partial charge in [0.15, 0.2) is 11.5 Å². The van der Waals surface area contributed by atoms with Gasteiger partial charge in [0.2, 0.25) is 5.91 Å². The lowest BCUT2D eigenvalue weighted by Gasteiger charge is -2.34. The van der Waals surface area contributed by atoms with Crippen LogP contribution in [-0.4, -0.2) is 75.5 Å². The molecule has 2 aliphatic rings. The SMILES string of the molecule is COc1cc2c(cc1OCCCC(=O)Nc1cc(C(=O)Nc3ccc(-c4cc(C(=O)Nc5cccnc5)n(C)c4)cc3)n(C)c1)NC[C@@H]1CCCCN1C2=O. The second kappa shape index (κ2) is 16.2. The van der Waals surface area contributed by atoms with Crippen LogP contribution >= 0.6 is 0 Å². The van der Waals surface area contributed by atoms with E-state index in [0.29, 0.717) is 58.5 Å². The van der Waals surface area contributed by atoms with Gasteiger partial charge in [0.1, 0.15) is 11.4 Å². The molecule has 1 saturated heterocycles. The number of methoxy groups -OCH3 is 1. The summed E-state index contributed by atoms with van der Waals surface area (Å²) in [7, 11) is 5.09. The molecule has 14 nitrogen and oxygen atoms in total. The van der Waals surface area contributed by atoms with Crippen LogP contribution in [0.25, 0.3) is 11.1 Å². The fourth-order valence-electron chi connectivity index (χ4n) is 7.04. The van der Waals surface area contributed by atoms with Gasteiger partial charge in [-0.2, -0.15) is 0 Å². The zero-order valence-corrected chi connectivity index (χ0v) is 31.1. The molecular formula is C41H44N8O6. The average molecular weight is 745 g/mol. The fourth-order valence-corrected chi connectivity index (χ4v) is 7.04. The number of fused-ring (bicyclic) bond motifs is 2. The molecule has 0 unspecified atom stereocenters. The zero-order chi connectivity index (χ0) is 38.5. The molecule has 0 aliphatic carbocycles. The summed E-state index contributed by atoms with van der Waals surface area (Å²) in [5.74, 6) is 0.183. The fraction of sp³-hybridized carbons (Fsp3) is 0.293. The second-order valence-electron chi connectivity index (χ2n) is 13.8. The molecule has 5 aromatic rings. The lowest BCUT2D eigenvalue weighted by Crippen LogP contribution is -2.45. The van der Waals surface area contributed by atoms with E-state index < -0.39 is 0 Å². The molecule has 2 aromatic carbocycles. The van der Waals surface area contributed by atoms with Crippen LogP contribution in [0.1, 0.15) is 63.4 Å². The van der Waals surface area contributed by atoms with E-state index in [1.54, 1.807) is 78.3 Å². The predicted octanol–water partition coefficient (Wildman–Crippen LogP) is 6.16. The monoisotopic (exact) mass is 744 g/mol. The van der Waals surface area contributed by atoms with Crippen molar-refractivity contribution in [1.29, 1.82) is 0 Å². The van der Waals surface area contributed by atoms with Gasteiger partial charge in [-0.1, -0.05) is 12.1 Å². The van der Waals surface area contributed by atoms with Crippen molar-refractivity contribution in [3.63, 3.8) is 0 Å². The van der Waals surface area contributed by atoms with Crippen LogP contribution in [0.5, 0.6) is 11.5 Å². The van der Waals surface area contributed by atoms with E-state index in [9.17, 15) is 19.2 Å². The zero-order valence-electron chi connectivity index (χ0n) is 31.1. The van der Waals surface area contributed by atoms with Gasteiger partial charge < -0.3 is 44.8 Å². The molecule has 7 rings (SSSR count). The molecule has 0 spiro atoms. The standard InChI is InChI=1S/C41H44N8O6/c1-47-24-27(18-34(47)39(51)46-29-8-6-15-42-22-29)26-11-13-28(14-12-26)45-40(52)35-19-30(25-48(35)2)44-38(50)10-7-17-55-37-21-33-32(20-36(37)54-3)41(53)49-16-5-4-9-31(49)23-43-33/h6,8,11-15,18-22,24-25,31,43H,4-5,7,9-10,16-17,23H2,1-3H3,(H,44,50)(H,45,52)(H,46,51)/t31-/m0/s1. The molecule has 1 fully saturated rings. The molecule has 284 valence electrons. The number of amides is 4. The number of rotatable bonds is 12. The first-order valence-electron chi connectivity index (χ1n) is 18.3. The Morgan fingerprint density at radius 1 is 0.855 bits per heavy atom. The largest absolute Gasteiger partial charge is 0.493 e. The lowest BCUT2D eigenvalue weighted by atomic mass is 10.0. The molecule has 55 heavy (non-hydrogen) atoms. The number of carbonyl (C=O) groups is 4. The van der Waals surface area contributed by atoms with Gasteiger partial charge in [-0.15, -0.1) is 0 Å². The average Bonchev–Trinajstić information content (AvgIpc) is 3.73. The number of hydrogen-bond donors (Lipinski definition) is 4. The molecule has 0 bridgehead atoms. The number of ether oxygens (including phenoxy) is 2. The van der Waals surface area contributed by atoms with Crippen molar-refractivity contribution in [1.82, 2.24) is 19.0 Å². The normalized spacial score (nSPS) is 14.9. The highest BCUT2D eigenvalue weighted by Crippen LogP contribution is 2.37. The van der Waals surface area contributed by atoms with Gasteiger partial charge in [0, 0.05) is 75.6 Å². The summed E-state index contributed by atoms with van der Waals surface area (Å²) in [6.45, 7) is 1.71. The van der Waals surface area contributed by atoms with Crippen molar-refractivity contribution >= 4 is 46.4 Å². The van der Waals surface area contributed by atoms with E-state index in [1.165, 1.54) is 0 Å². The number of aromatic nitrogens is 3. The first-order valence-corrected chi connectivity index (χ1v) is 18.3. The van der Waals surface area contributed by atoms with Crippen molar-refractivity contribution in [2.45, 2.75) is 38.1 Å². The summed E-state index contributed by atoms with van der Waals surface area (Å²) >= 11 is 0. The minimum Gasteiger partial charge on any atom is -0.493 e. The number of nitrogens with zero attached hydrogens (tertiary/aromatic N) is 4. The Balaban J connectivity index is 0.895. The Bertz CT molecular complexity index is 2210. The summed E-state index contributed by atoms with van der Waals surface area (Å²) in [5, 5.41) is 12.1. The van der Waals surface area contributed by atoms with Crippen molar-refractivity contribution in [2.75, 3.05) is 48.1 Å². The number of hydrogen-bond acceptors (Lipinski definition) is 8. The molecule has 14 heteroatoms.